The van der Waals surface area contributed by atoms with Crippen LogP contribution in [-0.2, 0) is 0 Å². The molecule has 0 fully saturated rings. The first-order valence-corrected chi connectivity index (χ1v) is 16.4. The molecule has 0 aliphatic heterocycles. The molecule has 9 aromatic rings. The van der Waals surface area contributed by atoms with Gasteiger partial charge in [0.15, 0.2) is 0 Å². The normalized spacial score (nSPS) is 11.8. The van der Waals surface area contributed by atoms with Crippen molar-refractivity contribution >= 4 is 32.4 Å². The standard InChI is InChI=1S/C46H28N2/c1-3-13-30(14-4-1)42-35-17-8-9-18-36(35)43(31-15-5-2-6-16-31)46-38-25-24-33(34-19-11-20-37(44(34)38)45(42)46)32-23-26-40(47-28-32)41-27-22-29-12-7-10-21-39(29)48-41/h1-28H. The quantitative estimate of drug-likeness (QED) is 0.199. The van der Waals surface area contributed by atoms with Gasteiger partial charge in [-0.15, -0.1) is 0 Å². The van der Waals surface area contributed by atoms with Crippen molar-refractivity contribution in [2.75, 3.05) is 0 Å². The van der Waals surface area contributed by atoms with E-state index in [1.807, 2.05) is 24.4 Å². The highest BCUT2D eigenvalue weighted by Crippen LogP contribution is 2.58. The summed E-state index contributed by atoms with van der Waals surface area (Å²) in [5.41, 5.74) is 15.2. The molecule has 0 radical (unpaired) electrons. The van der Waals surface area contributed by atoms with Gasteiger partial charge in [-0.25, -0.2) is 4.98 Å². The molecule has 0 amide bonds. The van der Waals surface area contributed by atoms with E-state index in [4.69, 9.17) is 9.97 Å². The SMILES string of the molecule is c1ccc(-c2c3c(c(-c4ccccc4)c4ccccc24)-c2ccc(-c4ccc(-c5ccc6ccccc6n5)nc4)c4cccc-3c24)cc1. The van der Waals surface area contributed by atoms with Crippen LogP contribution in [0.2, 0.25) is 0 Å². The predicted molar refractivity (Wildman–Crippen MR) is 201 cm³/mol. The Hall–Kier alpha value is -6.38. The van der Waals surface area contributed by atoms with Crippen LogP contribution in [0.3, 0.4) is 0 Å². The second kappa shape index (κ2) is 10.6. The van der Waals surface area contributed by atoms with Gasteiger partial charge in [0.2, 0.25) is 0 Å². The van der Waals surface area contributed by atoms with E-state index in [1.54, 1.807) is 0 Å². The Balaban J connectivity index is 1.21. The minimum absolute atomic E-state index is 0.870. The molecule has 0 atom stereocenters. The molecule has 2 heteroatoms. The summed E-state index contributed by atoms with van der Waals surface area (Å²) in [6.07, 6.45) is 2.00. The lowest BCUT2D eigenvalue weighted by Crippen LogP contribution is -1.93. The predicted octanol–water partition coefficient (Wildman–Crippen LogP) is 12.3. The first kappa shape index (κ1) is 26.8. The zero-order chi connectivity index (χ0) is 31.6. The molecule has 7 aromatic carbocycles. The van der Waals surface area contributed by atoms with Gasteiger partial charge >= 0.3 is 0 Å². The van der Waals surface area contributed by atoms with Crippen molar-refractivity contribution < 1.29 is 0 Å². The van der Waals surface area contributed by atoms with Crippen molar-refractivity contribution in [3.8, 4) is 67.0 Å². The number of aromatic nitrogens is 2. The van der Waals surface area contributed by atoms with Crippen LogP contribution in [0.4, 0.5) is 0 Å². The number of nitrogens with zero attached hydrogens (tertiary/aromatic N) is 2. The summed E-state index contributed by atoms with van der Waals surface area (Å²) >= 11 is 0. The Morgan fingerprint density at radius 3 is 1.60 bits per heavy atom. The highest BCUT2D eigenvalue weighted by molar-refractivity contribution is 6.28. The average Bonchev–Trinajstić information content (AvgIpc) is 3.49. The molecular weight excluding hydrogens is 581 g/mol. The molecule has 2 heterocycles. The summed E-state index contributed by atoms with van der Waals surface area (Å²) in [4.78, 5) is 9.80. The van der Waals surface area contributed by atoms with Crippen LogP contribution in [0.25, 0.3) is 99.5 Å². The molecule has 0 saturated carbocycles. The van der Waals surface area contributed by atoms with Crippen LogP contribution in [0.5, 0.6) is 0 Å². The first-order chi connectivity index (χ1) is 23.8. The summed E-state index contributed by atoms with van der Waals surface area (Å²) in [6.45, 7) is 0. The van der Waals surface area contributed by atoms with Crippen molar-refractivity contribution in [2.45, 2.75) is 0 Å². The van der Waals surface area contributed by atoms with E-state index in [0.29, 0.717) is 0 Å². The summed E-state index contributed by atoms with van der Waals surface area (Å²) in [6, 6.07) is 58.7. The molecule has 1 aliphatic rings. The van der Waals surface area contributed by atoms with Gasteiger partial charge in [-0.05, 0) is 89.8 Å². The Morgan fingerprint density at radius 1 is 0.333 bits per heavy atom. The number of rotatable bonds is 4. The third-order valence-electron chi connectivity index (χ3n) is 9.86. The smallest absolute Gasteiger partial charge is 0.0893 e. The lowest BCUT2D eigenvalue weighted by Gasteiger charge is -2.20. The van der Waals surface area contributed by atoms with Crippen LogP contribution in [0.1, 0.15) is 0 Å². The summed E-state index contributed by atoms with van der Waals surface area (Å²) in [5.74, 6) is 0. The van der Waals surface area contributed by atoms with E-state index in [9.17, 15) is 0 Å². The average molecular weight is 609 g/mol. The minimum atomic E-state index is 0.870. The van der Waals surface area contributed by atoms with E-state index in [1.165, 1.54) is 71.6 Å². The molecule has 0 bridgehead atoms. The van der Waals surface area contributed by atoms with Crippen LogP contribution in [-0.4, -0.2) is 9.97 Å². The fourth-order valence-corrected chi connectivity index (χ4v) is 7.77. The number of pyridine rings is 2. The van der Waals surface area contributed by atoms with E-state index in [-0.39, 0.29) is 0 Å². The molecule has 0 saturated heterocycles. The first-order valence-electron chi connectivity index (χ1n) is 16.4. The van der Waals surface area contributed by atoms with E-state index < -0.39 is 0 Å². The van der Waals surface area contributed by atoms with Gasteiger partial charge < -0.3 is 0 Å². The summed E-state index contributed by atoms with van der Waals surface area (Å²) in [5, 5.41) is 6.21. The maximum atomic E-state index is 4.92. The maximum absolute atomic E-state index is 4.92. The number of para-hydroxylation sites is 1. The Bertz CT molecular complexity index is 2600. The molecule has 1 aliphatic carbocycles. The van der Waals surface area contributed by atoms with Crippen LogP contribution in [0.15, 0.2) is 170 Å². The highest BCUT2D eigenvalue weighted by Gasteiger charge is 2.31. The zero-order valence-electron chi connectivity index (χ0n) is 26.1. The maximum Gasteiger partial charge on any atom is 0.0893 e. The van der Waals surface area contributed by atoms with Crippen molar-refractivity contribution in [3.63, 3.8) is 0 Å². The van der Waals surface area contributed by atoms with Crippen molar-refractivity contribution in [3.05, 3.63) is 170 Å². The number of benzene rings is 7. The van der Waals surface area contributed by atoms with Gasteiger partial charge in [-0.3, -0.25) is 4.98 Å². The molecule has 0 N–H and O–H groups in total. The van der Waals surface area contributed by atoms with E-state index >= 15 is 0 Å². The molecule has 48 heavy (non-hydrogen) atoms. The van der Waals surface area contributed by atoms with Crippen LogP contribution >= 0.6 is 0 Å². The molecule has 222 valence electrons. The van der Waals surface area contributed by atoms with Gasteiger partial charge in [0.25, 0.3) is 0 Å². The second-order valence-electron chi connectivity index (χ2n) is 12.5. The lowest BCUT2D eigenvalue weighted by molar-refractivity contribution is 1.28. The van der Waals surface area contributed by atoms with Gasteiger partial charge in [0.1, 0.15) is 0 Å². The molecule has 10 rings (SSSR count). The van der Waals surface area contributed by atoms with Crippen LogP contribution in [0, 0.1) is 0 Å². The Kier molecular flexibility index (Phi) is 5.91. The highest BCUT2D eigenvalue weighted by atomic mass is 14.8. The topological polar surface area (TPSA) is 25.8 Å². The molecule has 0 spiro atoms. The van der Waals surface area contributed by atoms with Gasteiger partial charge in [-0.2, -0.15) is 0 Å². The summed E-state index contributed by atoms with van der Waals surface area (Å²) < 4.78 is 0. The van der Waals surface area contributed by atoms with E-state index in [0.717, 1.165) is 27.9 Å². The van der Waals surface area contributed by atoms with Gasteiger partial charge in [-0.1, -0.05) is 146 Å². The number of hydrogen-bond acceptors (Lipinski definition) is 2. The summed E-state index contributed by atoms with van der Waals surface area (Å²) in [7, 11) is 0. The van der Waals surface area contributed by atoms with Crippen LogP contribution < -0.4 is 0 Å². The second-order valence-corrected chi connectivity index (χ2v) is 12.5. The zero-order valence-corrected chi connectivity index (χ0v) is 26.1. The van der Waals surface area contributed by atoms with Gasteiger partial charge in [0, 0.05) is 17.1 Å². The lowest BCUT2D eigenvalue weighted by atomic mass is 9.82. The Morgan fingerprint density at radius 2 is 0.917 bits per heavy atom. The largest absolute Gasteiger partial charge is 0.254 e. The van der Waals surface area contributed by atoms with Crippen molar-refractivity contribution in [1.29, 1.82) is 0 Å². The molecule has 0 unspecified atom stereocenters. The number of hydrogen-bond donors (Lipinski definition) is 0. The molecule has 2 aromatic heterocycles. The fraction of sp³-hybridized carbons (Fsp3) is 0. The van der Waals surface area contributed by atoms with E-state index in [2.05, 4.69) is 146 Å². The minimum Gasteiger partial charge on any atom is -0.254 e. The molecular formula is C46H28N2. The molecule has 2 nitrogen and oxygen atoms in total. The van der Waals surface area contributed by atoms with Gasteiger partial charge in [0.05, 0.1) is 16.9 Å². The van der Waals surface area contributed by atoms with Crippen molar-refractivity contribution in [2.24, 2.45) is 0 Å². The number of fused-ring (bicyclic) bond motifs is 5. The Labute approximate surface area is 278 Å². The monoisotopic (exact) mass is 608 g/mol. The third-order valence-corrected chi connectivity index (χ3v) is 9.86. The fourth-order valence-electron chi connectivity index (χ4n) is 7.77. The van der Waals surface area contributed by atoms with Crippen molar-refractivity contribution in [1.82, 2.24) is 9.97 Å². The third kappa shape index (κ3) is 4.00.